The highest BCUT2D eigenvalue weighted by molar-refractivity contribution is 6.06. The Kier molecular flexibility index (Phi) is 8.19. The van der Waals surface area contributed by atoms with Gasteiger partial charge in [-0.3, -0.25) is 9.59 Å². The first kappa shape index (κ1) is 24.5. The molecule has 3 aromatic carbocycles. The molecule has 0 radical (unpaired) electrons. The standard InChI is InChI=1S/C30H35N3O2/c1-3-4-10-23-13-15-25(16-14-23)29(34)32-26-17-18-28(33-19-8-9-20-33)27(21-26)30(35)31-22(2)24-11-6-5-7-12-24/h5-7,11-18,21-22H,3-4,8-10,19-20H2,1-2H3,(H,31,35)(H,32,34). The lowest BCUT2D eigenvalue weighted by Crippen LogP contribution is -2.29. The molecule has 5 heteroatoms. The predicted octanol–water partition coefficient (Wildman–Crippen LogP) is 6.37. The van der Waals surface area contributed by atoms with Crippen molar-refractivity contribution in [2.45, 2.75) is 52.0 Å². The number of anilines is 2. The van der Waals surface area contributed by atoms with Crippen LogP contribution in [0.5, 0.6) is 0 Å². The number of carbonyl (C=O) groups excluding carboxylic acids is 2. The normalized spacial score (nSPS) is 13.9. The number of hydrogen-bond donors (Lipinski definition) is 2. The van der Waals surface area contributed by atoms with Gasteiger partial charge in [0.05, 0.1) is 11.6 Å². The molecule has 182 valence electrons. The van der Waals surface area contributed by atoms with Crippen molar-refractivity contribution in [3.8, 4) is 0 Å². The van der Waals surface area contributed by atoms with Crippen LogP contribution in [0.3, 0.4) is 0 Å². The van der Waals surface area contributed by atoms with Gasteiger partial charge in [-0.1, -0.05) is 55.8 Å². The van der Waals surface area contributed by atoms with Crippen LogP contribution in [0.25, 0.3) is 0 Å². The van der Waals surface area contributed by atoms with Gasteiger partial charge in [0.15, 0.2) is 0 Å². The molecule has 3 aromatic rings. The molecular formula is C30H35N3O2. The predicted molar refractivity (Wildman–Crippen MR) is 143 cm³/mol. The minimum Gasteiger partial charge on any atom is -0.371 e. The van der Waals surface area contributed by atoms with Gasteiger partial charge in [0, 0.05) is 30.0 Å². The van der Waals surface area contributed by atoms with E-state index in [4.69, 9.17) is 0 Å². The van der Waals surface area contributed by atoms with Crippen LogP contribution < -0.4 is 15.5 Å². The zero-order chi connectivity index (χ0) is 24.6. The van der Waals surface area contributed by atoms with Gasteiger partial charge in [0.25, 0.3) is 11.8 Å². The Hall–Kier alpha value is -3.60. The number of amides is 2. The molecule has 1 aliphatic rings. The number of hydrogen-bond acceptors (Lipinski definition) is 3. The van der Waals surface area contributed by atoms with Crippen molar-refractivity contribution >= 4 is 23.2 Å². The number of unbranched alkanes of at least 4 members (excludes halogenated alkanes) is 1. The summed E-state index contributed by atoms with van der Waals surface area (Å²) < 4.78 is 0. The van der Waals surface area contributed by atoms with Crippen molar-refractivity contribution in [3.05, 3.63) is 95.1 Å². The minimum absolute atomic E-state index is 0.125. The number of rotatable bonds is 9. The maximum atomic E-state index is 13.4. The van der Waals surface area contributed by atoms with Crippen LogP contribution in [0.4, 0.5) is 11.4 Å². The molecule has 1 aliphatic heterocycles. The van der Waals surface area contributed by atoms with Gasteiger partial charge in [0.1, 0.15) is 0 Å². The number of benzene rings is 3. The quantitative estimate of drug-likeness (QED) is 0.383. The van der Waals surface area contributed by atoms with Crippen molar-refractivity contribution in [1.82, 2.24) is 5.32 Å². The molecule has 35 heavy (non-hydrogen) atoms. The highest BCUT2D eigenvalue weighted by Gasteiger charge is 2.22. The van der Waals surface area contributed by atoms with E-state index in [1.807, 2.05) is 73.7 Å². The number of carbonyl (C=O) groups is 2. The van der Waals surface area contributed by atoms with Crippen molar-refractivity contribution in [2.24, 2.45) is 0 Å². The second kappa shape index (κ2) is 11.7. The SMILES string of the molecule is CCCCc1ccc(C(=O)Nc2ccc(N3CCCC3)c(C(=O)NC(C)c3ccccc3)c2)cc1. The van der Waals surface area contributed by atoms with Crippen LogP contribution in [0, 0.1) is 0 Å². The summed E-state index contributed by atoms with van der Waals surface area (Å²) in [6.45, 7) is 6.03. The third kappa shape index (κ3) is 6.30. The molecule has 1 saturated heterocycles. The monoisotopic (exact) mass is 469 g/mol. The molecule has 0 spiro atoms. The molecule has 0 bridgehead atoms. The summed E-state index contributed by atoms with van der Waals surface area (Å²) in [7, 11) is 0. The summed E-state index contributed by atoms with van der Waals surface area (Å²) in [5.74, 6) is -0.315. The summed E-state index contributed by atoms with van der Waals surface area (Å²) in [5, 5.41) is 6.11. The Morgan fingerprint density at radius 1 is 0.914 bits per heavy atom. The molecule has 1 fully saturated rings. The first-order valence-electron chi connectivity index (χ1n) is 12.7. The Balaban J connectivity index is 1.53. The van der Waals surface area contributed by atoms with Crippen molar-refractivity contribution < 1.29 is 9.59 Å². The summed E-state index contributed by atoms with van der Waals surface area (Å²) in [6, 6.07) is 23.2. The Bertz CT molecular complexity index is 1140. The molecule has 0 aromatic heterocycles. The fraction of sp³-hybridized carbons (Fsp3) is 0.333. The summed E-state index contributed by atoms with van der Waals surface area (Å²) in [5.41, 5.74) is 5.02. The first-order chi connectivity index (χ1) is 17.0. The number of nitrogens with zero attached hydrogens (tertiary/aromatic N) is 1. The van der Waals surface area contributed by atoms with Gasteiger partial charge in [0.2, 0.25) is 0 Å². The summed E-state index contributed by atoms with van der Waals surface area (Å²) in [6.07, 6.45) is 5.55. The van der Waals surface area contributed by atoms with E-state index in [-0.39, 0.29) is 17.9 Å². The van der Waals surface area contributed by atoms with E-state index in [1.165, 1.54) is 5.56 Å². The van der Waals surface area contributed by atoms with E-state index >= 15 is 0 Å². The summed E-state index contributed by atoms with van der Waals surface area (Å²) >= 11 is 0. The van der Waals surface area contributed by atoms with Gasteiger partial charge < -0.3 is 15.5 Å². The van der Waals surface area contributed by atoms with Crippen molar-refractivity contribution in [1.29, 1.82) is 0 Å². The molecule has 1 unspecified atom stereocenters. The van der Waals surface area contributed by atoms with Crippen LogP contribution in [-0.2, 0) is 6.42 Å². The molecule has 0 aliphatic carbocycles. The van der Waals surface area contributed by atoms with Gasteiger partial charge >= 0.3 is 0 Å². The minimum atomic E-state index is -0.176. The Morgan fingerprint density at radius 3 is 2.31 bits per heavy atom. The second-order valence-corrected chi connectivity index (χ2v) is 9.29. The van der Waals surface area contributed by atoms with Crippen LogP contribution in [0.15, 0.2) is 72.8 Å². The molecule has 4 rings (SSSR count). The average Bonchev–Trinajstić information content (AvgIpc) is 3.43. The molecule has 1 heterocycles. The van der Waals surface area contributed by atoms with Crippen LogP contribution in [0.1, 0.15) is 77.4 Å². The summed E-state index contributed by atoms with van der Waals surface area (Å²) in [4.78, 5) is 28.5. The zero-order valence-corrected chi connectivity index (χ0v) is 20.7. The van der Waals surface area contributed by atoms with E-state index in [0.717, 1.165) is 56.4 Å². The third-order valence-electron chi connectivity index (χ3n) is 6.63. The second-order valence-electron chi connectivity index (χ2n) is 9.29. The zero-order valence-electron chi connectivity index (χ0n) is 20.7. The fourth-order valence-electron chi connectivity index (χ4n) is 4.54. The highest BCUT2D eigenvalue weighted by atomic mass is 16.2. The lowest BCUT2D eigenvalue weighted by atomic mass is 10.1. The maximum Gasteiger partial charge on any atom is 0.255 e. The highest BCUT2D eigenvalue weighted by Crippen LogP contribution is 2.28. The molecule has 0 saturated carbocycles. The molecule has 5 nitrogen and oxygen atoms in total. The average molecular weight is 470 g/mol. The fourth-order valence-corrected chi connectivity index (χ4v) is 4.54. The van der Waals surface area contributed by atoms with Crippen LogP contribution in [0.2, 0.25) is 0 Å². The maximum absolute atomic E-state index is 13.4. The van der Waals surface area contributed by atoms with E-state index < -0.39 is 0 Å². The van der Waals surface area contributed by atoms with Crippen LogP contribution in [-0.4, -0.2) is 24.9 Å². The lowest BCUT2D eigenvalue weighted by molar-refractivity contribution is 0.0939. The lowest BCUT2D eigenvalue weighted by Gasteiger charge is -2.23. The van der Waals surface area contributed by atoms with E-state index in [0.29, 0.717) is 16.8 Å². The van der Waals surface area contributed by atoms with E-state index in [9.17, 15) is 9.59 Å². The molecule has 2 amide bonds. The Morgan fingerprint density at radius 2 is 1.63 bits per heavy atom. The number of aryl methyl sites for hydroxylation is 1. The van der Waals surface area contributed by atoms with Crippen LogP contribution >= 0.6 is 0 Å². The van der Waals surface area contributed by atoms with E-state index in [1.54, 1.807) is 6.07 Å². The van der Waals surface area contributed by atoms with Gasteiger partial charge in [-0.05, 0) is 74.1 Å². The van der Waals surface area contributed by atoms with Crippen molar-refractivity contribution in [3.63, 3.8) is 0 Å². The van der Waals surface area contributed by atoms with Gasteiger partial charge in [-0.15, -0.1) is 0 Å². The van der Waals surface area contributed by atoms with Gasteiger partial charge in [-0.2, -0.15) is 0 Å². The molecule has 1 atom stereocenters. The largest absolute Gasteiger partial charge is 0.371 e. The van der Waals surface area contributed by atoms with Crippen molar-refractivity contribution in [2.75, 3.05) is 23.3 Å². The van der Waals surface area contributed by atoms with Gasteiger partial charge in [-0.25, -0.2) is 0 Å². The first-order valence-corrected chi connectivity index (χ1v) is 12.7. The molecular weight excluding hydrogens is 434 g/mol. The topological polar surface area (TPSA) is 61.4 Å². The third-order valence-corrected chi connectivity index (χ3v) is 6.63. The molecule has 2 N–H and O–H groups in total. The number of nitrogens with one attached hydrogen (secondary N) is 2. The Labute approximate surface area is 208 Å². The smallest absolute Gasteiger partial charge is 0.255 e. The van der Waals surface area contributed by atoms with E-state index in [2.05, 4.69) is 22.5 Å².